The molecule has 0 aliphatic heterocycles. The van der Waals surface area contributed by atoms with Crippen molar-refractivity contribution in [2.24, 2.45) is 0 Å². The van der Waals surface area contributed by atoms with E-state index in [4.69, 9.17) is 20.8 Å². The minimum absolute atomic E-state index is 0.179. The van der Waals surface area contributed by atoms with Gasteiger partial charge in [0.25, 0.3) is 0 Å². The Hall–Kier alpha value is -4.15. The summed E-state index contributed by atoms with van der Waals surface area (Å²) in [5.41, 5.74) is 5.05. The van der Waals surface area contributed by atoms with Crippen LogP contribution < -0.4 is 10.4 Å². The second-order valence-corrected chi connectivity index (χ2v) is 9.00. The zero-order valence-electron chi connectivity index (χ0n) is 19.7. The first-order chi connectivity index (χ1) is 17.5. The van der Waals surface area contributed by atoms with Crippen LogP contribution in [-0.2, 0) is 6.42 Å². The lowest BCUT2D eigenvalue weighted by atomic mass is 9.99. The van der Waals surface area contributed by atoms with Crippen molar-refractivity contribution in [1.29, 1.82) is 0 Å². The molecule has 36 heavy (non-hydrogen) atoms. The molecule has 5 heteroatoms. The number of ketones is 1. The number of ether oxygens (including phenoxy) is 1. The Morgan fingerprint density at radius 2 is 1.50 bits per heavy atom. The SMILES string of the molecule is Cc1c(Cc2ccccc2)c(=O)oc2cc(OCC(=O)c3ccc(-c4ccccc4)cc3)c(Cl)cc12. The predicted octanol–water partition coefficient (Wildman–Crippen LogP) is 7.27. The highest BCUT2D eigenvalue weighted by Gasteiger charge is 2.16. The number of Topliss-reactive ketones (excluding diaryl/α,β-unsaturated/α-hetero) is 1. The van der Waals surface area contributed by atoms with E-state index in [9.17, 15) is 9.59 Å². The summed E-state index contributed by atoms with van der Waals surface area (Å²) in [6, 6.07) is 30.4. The summed E-state index contributed by atoms with van der Waals surface area (Å²) >= 11 is 6.49. The third-order valence-corrected chi connectivity index (χ3v) is 6.53. The third-order valence-electron chi connectivity index (χ3n) is 6.24. The fourth-order valence-electron chi connectivity index (χ4n) is 4.21. The van der Waals surface area contributed by atoms with Gasteiger partial charge in [0, 0.05) is 29.0 Å². The molecule has 1 heterocycles. The van der Waals surface area contributed by atoms with E-state index in [1.165, 1.54) is 0 Å². The van der Waals surface area contributed by atoms with Gasteiger partial charge in [-0.2, -0.15) is 0 Å². The number of fused-ring (bicyclic) bond motifs is 1. The Morgan fingerprint density at radius 3 is 2.19 bits per heavy atom. The van der Waals surface area contributed by atoms with Crippen LogP contribution in [0.3, 0.4) is 0 Å². The first kappa shape index (κ1) is 23.6. The Morgan fingerprint density at radius 1 is 0.861 bits per heavy atom. The fourth-order valence-corrected chi connectivity index (χ4v) is 4.43. The van der Waals surface area contributed by atoms with E-state index in [-0.39, 0.29) is 18.1 Å². The van der Waals surface area contributed by atoms with Crippen LogP contribution in [0.25, 0.3) is 22.1 Å². The average molecular weight is 495 g/mol. The zero-order valence-corrected chi connectivity index (χ0v) is 20.4. The monoisotopic (exact) mass is 494 g/mol. The van der Waals surface area contributed by atoms with E-state index in [0.29, 0.717) is 28.2 Å². The summed E-state index contributed by atoms with van der Waals surface area (Å²) in [6.07, 6.45) is 0.471. The van der Waals surface area contributed by atoms with Crippen molar-refractivity contribution in [3.05, 3.63) is 135 Å². The molecule has 0 N–H and O–H groups in total. The number of hydrogen-bond acceptors (Lipinski definition) is 4. The van der Waals surface area contributed by atoms with Crippen molar-refractivity contribution < 1.29 is 13.9 Å². The maximum Gasteiger partial charge on any atom is 0.340 e. The van der Waals surface area contributed by atoms with E-state index in [1.54, 1.807) is 24.3 Å². The van der Waals surface area contributed by atoms with Gasteiger partial charge in [0.05, 0.1) is 5.02 Å². The minimum atomic E-state index is -0.397. The largest absolute Gasteiger partial charge is 0.484 e. The molecular weight excluding hydrogens is 472 g/mol. The molecular formula is C31H23ClO4. The second-order valence-electron chi connectivity index (χ2n) is 8.59. The van der Waals surface area contributed by atoms with Crippen LogP contribution in [0.5, 0.6) is 5.75 Å². The summed E-state index contributed by atoms with van der Waals surface area (Å²) in [5.74, 6) is 0.110. The minimum Gasteiger partial charge on any atom is -0.484 e. The van der Waals surface area contributed by atoms with Crippen molar-refractivity contribution in [3.63, 3.8) is 0 Å². The average Bonchev–Trinajstić information content (AvgIpc) is 2.91. The van der Waals surface area contributed by atoms with E-state index in [1.807, 2.05) is 79.7 Å². The van der Waals surface area contributed by atoms with Gasteiger partial charge in [-0.3, -0.25) is 4.79 Å². The molecule has 0 aliphatic rings. The normalized spacial score (nSPS) is 10.9. The molecule has 0 spiro atoms. The summed E-state index contributed by atoms with van der Waals surface area (Å²) in [4.78, 5) is 25.5. The van der Waals surface area contributed by atoms with Gasteiger partial charge in [-0.15, -0.1) is 0 Å². The molecule has 0 radical (unpaired) electrons. The van der Waals surface area contributed by atoms with Crippen molar-refractivity contribution in [1.82, 2.24) is 0 Å². The standard InChI is InChI=1S/C31H23ClO4/c1-20-25-17-27(32)30(18-29(25)36-31(34)26(20)16-21-8-4-2-5-9-21)35-19-28(33)24-14-12-23(13-15-24)22-10-6-3-7-11-22/h2-15,17-18H,16,19H2,1H3. The number of aryl methyl sites for hydroxylation is 1. The molecule has 1 aromatic heterocycles. The molecule has 0 bridgehead atoms. The molecule has 0 atom stereocenters. The topological polar surface area (TPSA) is 56.5 Å². The van der Waals surface area contributed by atoms with Crippen molar-refractivity contribution in [3.8, 4) is 16.9 Å². The lowest BCUT2D eigenvalue weighted by molar-refractivity contribution is 0.0921. The number of benzene rings is 4. The molecule has 4 nitrogen and oxygen atoms in total. The molecule has 5 rings (SSSR count). The van der Waals surface area contributed by atoms with Gasteiger partial charge >= 0.3 is 5.63 Å². The Balaban J connectivity index is 1.34. The van der Waals surface area contributed by atoms with Crippen molar-refractivity contribution in [2.45, 2.75) is 13.3 Å². The van der Waals surface area contributed by atoms with Crippen LogP contribution in [0.15, 0.2) is 106 Å². The van der Waals surface area contributed by atoms with Crippen LogP contribution in [0.4, 0.5) is 0 Å². The van der Waals surface area contributed by atoms with E-state index in [2.05, 4.69) is 0 Å². The quantitative estimate of drug-likeness (QED) is 0.176. The van der Waals surface area contributed by atoms with Crippen LogP contribution in [0.1, 0.15) is 27.0 Å². The van der Waals surface area contributed by atoms with Gasteiger partial charge in [0.1, 0.15) is 11.3 Å². The lowest BCUT2D eigenvalue weighted by Gasteiger charge is -2.12. The fraction of sp³-hybridized carbons (Fsp3) is 0.0968. The molecule has 0 saturated carbocycles. The van der Waals surface area contributed by atoms with E-state index >= 15 is 0 Å². The van der Waals surface area contributed by atoms with Crippen molar-refractivity contribution >= 4 is 28.4 Å². The van der Waals surface area contributed by atoms with Crippen LogP contribution in [0, 0.1) is 6.92 Å². The number of carbonyl (C=O) groups excluding carboxylic acids is 1. The zero-order chi connectivity index (χ0) is 25.1. The Bertz CT molecular complexity index is 1590. The molecule has 178 valence electrons. The molecule has 0 fully saturated rings. The van der Waals surface area contributed by atoms with Crippen LogP contribution in [-0.4, -0.2) is 12.4 Å². The maximum absolute atomic E-state index is 12.7. The number of halogens is 1. The molecule has 0 amide bonds. The Labute approximate surface area is 213 Å². The maximum atomic E-state index is 12.7. The van der Waals surface area contributed by atoms with Crippen LogP contribution >= 0.6 is 11.6 Å². The van der Waals surface area contributed by atoms with Gasteiger partial charge in [-0.25, -0.2) is 4.79 Å². The Kier molecular flexibility index (Phi) is 6.70. The number of hydrogen-bond donors (Lipinski definition) is 0. The highest BCUT2D eigenvalue weighted by atomic mass is 35.5. The summed E-state index contributed by atoms with van der Waals surface area (Å²) in [7, 11) is 0. The summed E-state index contributed by atoms with van der Waals surface area (Å²) < 4.78 is 11.3. The molecule has 0 saturated heterocycles. The third kappa shape index (κ3) is 4.95. The lowest BCUT2D eigenvalue weighted by Crippen LogP contribution is -2.13. The second kappa shape index (κ2) is 10.2. The molecule has 5 aromatic rings. The van der Waals surface area contributed by atoms with Gasteiger partial charge in [0.2, 0.25) is 0 Å². The summed E-state index contributed by atoms with van der Waals surface area (Å²) in [6.45, 7) is 1.70. The van der Waals surface area contributed by atoms with Gasteiger partial charge in [-0.1, -0.05) is 96.5 Å². The predicted molar refractivity (Wildman–Crippen MR) is 143 cm³/mol. The smallest absolute Gasteiger partial charge is 0.340 e. The first-order valence-corrected chi connectivity index (χ1v) is 12.0. The van der Waals surface area contributed by atoms with Gasteiger partial charge < -0.3 is 9.15 Å². The highest BCUT2D eigenvalue weighted by molar-refractivity contribution is 6.32. The summed E-state index contributed by atoms with van der Waals surface area (Å²) in [5, 5.41) is 1.08. The molecule has 0 unspecified atom stereocenters. The first-order valence-electron chi connectivity index (χ1n) is 11.6. The van der Waals surface area contributed by atoms with Gasteiger partial charge in [-0.05, 0) is 35.2 Å². The highest BCUT2D eigenvalue weighted by Crippen LogP contribution is 2.32. The van der Waals surface area contributed by atoms with Crippen molar-refractivity contribution in [2.75, 3.05) is 6.61 Å². The number of carbonyl (C=O) groups is 1. The van der Waals surface area contributed by atoms with E-state index < -0.39 is 5.63 Å². The van der Waals surface area contributed by atoms with Gasteiger partial charge in [0.15, 0.2) is 12.4 Å². The van der Waals surface area contributed by atoms with E-state index in [0.717, 1.165) is 27.6 Å². The molecule has 0 aliphatic carbocycles. The molecule has 4 aromatic carbocycles. The number of rotatable bonds is 7. The van der Waals surface area contributed by atoms with Crippen LogP contribution in [0.2, 0.25) is 5.02 Å².